The van der Waals surface area contributed by atoms with Gasteiger partial charge in [0.05, 0.1) is 16.7 Å². The molecule has 2 aliphatic rings. The van der Waals surface area contributed by atoms with Gasteiger partial charge in [-0.2, -0.15) is 0 Å². The lowest BCUT2D eigenvalue weighted by Gasteiger charge is -2.34. The highest BCUT2D eigenvalue weighted by Crippen LogP contribution is 2.47. The lowest BCUT2D eigenvalue weighted by molar-refractivity contribution is 0.667. The van der Waals surface area contributed by atoms with Gasteiger partial charge in [-0.25, -0.2) is 0 Å². The van der Waals surface area contributed by atoms with Gasteiger partial charge in [0.1, 0.15) is 5.58 Å². The fourth-order valence-electron chi connectivity index (χ4n) is 9.88. The molecule has 0 atom stereocenters. The Hall–Kier alpha value is -6.00. The number of fused-ring (bicyclic) bond motifs is 14. The van der Waals surface area contributed by atoms with Crippen LogP contribution in [0.1, 0.15) is 16.7 Å². The molecule has 0 aliphatic carbocycles. The Morgan fingerprint density at radius 3 is 2.14 bits per heavy atom. The van der Waals surface area contributed by atoms with E-state index in [4.69, 9.17) is 4.42 Å². The fraction of sp³-hybridized carbons (Fsp3) is 0.0667. The minimum absolute atomic E-state index is 0.00137. The number of benzene rings is 7. The minimum Gasteiger partial charge on any atom is -0.454 e. The van der Waals surface area contributed by atoms with Crippen molar-refractivity contribution in [1.82, 2.24) is 9.05 Å². The van der Waals surface area contributed by atoms with E-state index in [2.05, 4.69) is 151 Å². The van der Waals surface area contributed by atoms with E-state index in [0.717, 1.165) is 16.6 Å². The number of furan rings is 1. The molecule has 0 bridgehead atoms. The van der Waals surface area contributed by atoms with Crippen LogP contribution in [0.3, 0.4) is 0 Å². The lowest BCUT2D eigenvalue weighted by atomic mass is 9.45. The van der Waals surface area contributed by atoms with Gasteiger partial charge in [0.15, 0.2) is 5.58 Å². The SMILES string of the molecule is Cc1cc(C)c(-c2ccc3c(c2)c2cccc4c2n3-c2c3c(cc5c2oc2ccccc25)-c2cccc5c6ccccc6n(c25)B34)c(C)c1. The zero-order valence-corrected chi connectivity index (χ0v) is 27.4. The monoisotopic (exact) mass is 624 g/mol. The Morgan fingerprint density at radius 1 is 0.551 bits per heavy atom. The van der Waals surface area contributed by atoms with Crippen molar-refractivity contribution < 1.29 is 4.42 Å². The summed E-state index contributed by atoms with van der Waals surface area (Å²) in [7, 11) is 0. The van der Waals surface area contributed by atoms with Crippen molar-refractivity contribution in [2.75, 3.05) is 0 Å². The first-order valence-corrected chi connectivity index (χ1v) is 17.2. The van der Waals surface area contributed by atoms with Crippen LogP contribution in [0.5, 0.6) is 0 Å². The van der Waals surface area contributed by atoms with E-state index in [9.17, 15) is 0 Å². The van der Waals surface area contributed by atoms with Gasteiger partial charge in [-0.3, -0.25) is 0 Å². The number of hydrogen-bond donors (Lipinski definition) is 0. The Bertz CT molecular complexity index is 3130. The van der Waals surface area contributed by atoms with E-state index in [-0.39, 0.29) is 6.85 Å². The average Bonchev–Trinajstić information content (AvgIpc) is 3.77. The summed E-state index contributed by atoms with van der Waals surface area (Å²) in [6, 6.07) is 45.4. The second kappa shape index (κ2) is 8.72. The van der Waals surface area contributed by atoms with E-state index >= 15 is 0 Å². The highest BCUT2D eigenvalue weighted by Gasteiger charge is 2.43. The molecule has 5 heterocycles. The normalized spacial score (nSPS) is 13.2. The first-order valence-electron chi connectivity index (χ1n) is 17.2. The maximum Gasteiger partial charge on any atom is 0.333 e. The van der Waals surface area contributed by atoms with Crippen LogP contribution >= 0.6 is 0 Å². The molecule has 7 aromatic carbocycles. The smallest absolute Gasteiger partial charge is 0.333 e. The molecule has 0 unspecified atom stereocenters. The molecule has 0 fully saturated rings. The zero-order chi connectivity index (χ0) is 32.3. The quantitative estimate of drug-likeness (QED) is 0.167. The molecule has 3 nitrogen and oxygen atoms in total. The molecule has 0 N–H and O–H groups in total. The van der Waals surface area contributed by atoms with Crippen molar-refractivity contribution in [3.63, 3.8) is 0 Å². The van der Waals surface area contributed by atoms with Crippen molar-refractivity contribution in [3.8, 4) is 27.9 Å². The Balaban J connectivity index is 1.31. The van der Waals surface area contributed by atoms with Crippen LogP contribution in [0, 0.1) is 20.8 Å². The summed E-state index contributed by atoms with van der Waals surface area (Å²) in [5, 5.41) is 7.49. The average molecular weight is 625 g/mol. The van der Waals surface area contributed by atoms with E-state index in [1.165, 1.54) is 105 Å². The van der Waals surface area contributed by atoms with Gasteiger partial charge in [-0.05, 0) is 89.8 Å². The molecule has 0 amide bonds. The first-order chi connectivity index (χ1) is 24.1. The summed E-state index contributed by atoms with van der Waals surface area (Å²) in [4.78, 5) is 0. The van der Waals surface area contributed by atoms with Crippen molar-refractivity contribution in [1.29, 1.82) is 0 Å². The lowest BCUT2D eigenvalue weighted by Crippen LogP contribution is -2.55. The molecular formula is C45H29BN2O. The highest BCUT2D eigenvalue weighted by molar-refractivity contribution is 6.90. The predicted molar refractivity (Wildman–Crippen MR) is 207 cm³/mol. The Labute approximate surface area is 282 Å². The molecule has 228 valence electrons. The van der Waals surface area contributed by atoms with Crippen LogP contribution in [-0.4, -0.2) is 15.9 Å². The van der Waals surface area contributed by atoms with Gasteiger partial charge >= 0.3 is 6.85 Å². The predicted octanol–water partition coefficient (Wildman–Crippen LogP) is 10.3. The van der Waals surface area contributed by atoms with Crippen molar-refractivity contribution in [2.24, 2.45) is 0 Å². The van der Waals surface area contributed by atoms with E-state index in [1.807, 2.05) is 0 Å². The molecule has 0 saturated carbocycles. The topological polar surface area (TPSA) is 23.0 Å². The largest absolute Gasteiger partial charge is 0.454 e. The molecule has 0 radical (unpaired) electrons. The van der Waals surface area contributed by atoms with Gasteiger partial charge in [-0.15, -0.1) is 0 Å². The van der Waals surface area contributed by atoms with Gasteiger partial charge in [0.2, 0.25) is 0 Å². The molecule has 0 saturated heterocycles. The van der Waals surface area contributed by atoms with E-state index in [1.54, 1.807) is 0 Å². The molecule has 10 aromatic rings. The Morgan fingerprint density at radius 2 is 1.29 bits per heavy atom. The number of hydrogen-bond acceptors (Lipinski definition) is 1. The number of aryl methyl sites for hydroxylation is 3. The van der Waals surface area contributed by atoms with Crippen LogP contribution in [0.15, 0.2) is 126 Å². The highest BCUT2D eigenvalue weighted by atomic mass is 16.3. The second-order valence-electron chi connectivity index (χ2n) is 14.2. The van der Waals surface area contributed by atoms with Crippen molar-refractivity contribution in [3.05, 3.63) is 138 Å². The zero-order valence-electron chi connectivity index (χ0n) is 27.4. The molecule has 4 heteroatoms. The van der Waals surface area contributed by atoms with Gasteiger partial charge in [0, 0.05) is 48.9 Å². The third-order valence-corrected chi connectivity index (χ3v) is 11.5. The van der Waals surface area contributed by atoms with Gasteiger partial charge in [0.25, 0.3) is 0 Å². The fourth-order valence-corrected chi connectivity index (χ4v) is 9.88. The Kier molecular flexibility index (Phi) is 4.63. The number of rotatable bonds is 1. The molecule has 0 spiro atoms. The van der Waals surface area contributed by atoms with E-state index in [0.29, 0.717) is 0 Å². The van der Waals surface area contributed by atoms with Crippen molar-refractivity contribution in [2.45, 2.75) is 20.8 Å². The van der Waals surface area contributed by atoms with Crippen LogP contribution in [0.25, 0.3) is 93.5 Å². The number of nitrogens with zero attached hydrogens (tertiary/aromatic N) is 2. The second-order valence-corrected chi connectivity index (χ2v) is 14.2. The van der Waals surface area contributed by atoms with Crippen LogP contribution in [-0.2, 0) is 0 Å². The van der Waals surface area contributed by atoms with Gasteiger partial charge < -0.3 is 13.5 Å². The van der Waals surface area contributed by atoms with Crippen molar-refractivity contribution >= 4 is 83.3 Å². The molecule has 49 heavy (non-hydrogen) atoms. The van der Waals surface area contributed by atoms with Gasteiger partial charge in [-0.1, -0.05) is 96.6 Å². The maximum absolute atomic E-state index is 6.92. The molecule has 3 aromatic heterocycles. The summed E-state index contributed by atoms with van der Waals surface area (Å²) in [6.45, 7) is 6.67. The number of aromatic nitrogens is 2. The molecular weight excluding hydrogens is 595 g/mol. The number of para-hydroxylation sites is 4. The summed E-state index contributed by atoms with van der Waals surface area (Å²) < 4.78 is 12.1. The third-order valence-electron chi connectivity index (χ3n) is 11.5. The summed E-state index contributed by atoms with van der Waals surface area (Å²) in [6.07, 6.45) is 0. The van der Waals surface area contributed by atoms with Crippen LogP contribution in [0.4, 0.5) is 0 Å². The minimum atomic E-state index is 0.00137. The van der Waals surface area contributed by atoms with E-state index < -0.39 is 0 Å². The maximum atomic E-state index is 6.92. The molecule has 12 rings (SSSR count). The summed E-state index contributed by atoms with van der Waals surface area (Å²) in [5.41, 5.74) is 19.9. The standard InChI is InChI=1S/C45H29BN2O/c1-24-20-25(2)40(26(3)21-24)27-18-19-37-33(22-27)31-14-9-15-36-43(31)47(37)44-41-34(23-35-29-11-5-7-17-39(29)49-45(35)44)32-13-8-12-30-28-10-4-6-16-38(28)48(42(30)32)46(36)41/h4-23H,1-3H3. The summed E-state index contributed by atoms with van der Waals surface area (Å²) in [5.74, 6) is 0. The van der Waals surface area contributed by atoms with Crippen LogP contribution in [0.2, 0.25) is 0 Å². The summed E-state index contributed by atoms with van der Waals surface area (Å²) >= 11 is 0. The first kappa shape index (κ1) is 26.0. The van der Waals surface area contributed by atoms with Crippen LogP contribution < -0.4 is 10.9 Å². The third kappa shape index (κ3) is 3.03. The molecule has 2 aliphatic heterocycles.